The molecule has 9 nitrogen and oxygen atoms in total. The number of carbonyl (C=O) groups is 1. The summed E-state index contributed by atoms with van der Waals surface area (Å²) in [4.78, 5) is 36.0. The number of urea groups is 1. The highest BCUT2D eigenvalue weighted by Crippen LogP contribution is 2.34. The van der Waals surface area contributed by atoms with Crippen molar-refractivity contribution in [2.75, 3.05) is 32.5 Å². The zero-order valence-electron chi connectivity index (χ0n) is 18.9. The molecule has 9 heteroatoms. The zero-order chi connectivity index (χ0) is 22.8. The predicted octanol–water partition coefficient (Wildman–Crippen LogP) is 4.07. The Bertz CT molecular complexity index is 1170. The Morgan fingerprint density at radius 1 is 1.31 bits per heavy atom. The fraction of sp³-hybridized carbons (Fsp3) is 0.435. The number of anilines is 1. The molecule has 1 saturated heterocycles. The van der Waals surface area contributed by atoms with Crippen LogP contribution in [-0.4, -0.2) is 69.0 Å². The van der Waals surface area contributed by atoms with E-state index < -0.39 is 0 Å². The van der Waals surface area contributed by atoms with Crippen LogP contribution in [0.1, 0.15) is 25.3 Å². The number of nitrogens with one attached hydrogen (secondary N) is 2. The predicted molar refractivity (Wildman–Crippen MR) is 125 cm³/mol. The molecule has 0 spiro atoms. The van der Waals surface area contributed by atoms with Crippen LogP contribution in [0.25, 0.3) is 27.1 Å². The van der Waals surface area contributed by atoms with E-state index in [-0.39, 0.29) is 12.1 Å². The second-order valence-electron chi connectivity index (χ2n) is 8.58. The average Bonchev–Trinajstić information content (AvgIpc) is 3.21. The molecule has 4 heterocycles. The summed E-state index contributed by atoms with van der Waals surface area (Å²) in [6.45, 7) is 13.2. The van der Waals surface area contributed by atoms with Crippen molar-refractivity contribution < 1.29 is 4.79 Å². The SMILES string of the molecule is [C-]#[N+]c1cnc(NC(C)C2CCN(C(=O)N(C)C)CC2)nc1-c1c[nH]c2ncc(C)cc12. The standard InChI is InChI=1S/C23H28N8O/c1-14-10-17-18(12-26-21(17)25-11-14)20-19(24-3)13-27-22(29-20)28-15(2)16-6-8-31(9-7-16)23(32)30(4)5/h10-13,15-16H,6-9H2,1-2,4-5H3,(H,25,26)(H,27,28,29). The number of likely N-dealkylation sites (tertiary alicyclic amines) is 1. The number of aryl methyl sites for hydroxylation is 1. The number of aromatic amines is 1. The Kier molecular flexibility index (Phi) is 5.95. The molecule has 166 valence electrons. The van der Waals surface area contributed by atoms with Crippen LogP contribution in [0.3, 0.4) is 0 Å². The van der Waals surface area contributed by atoms with Crippen molar-refractivity contribution >= 4 is 28.7 Å². The van der Waals surface area contributed by atoms with Crippen molar-refractivity contribution in [1.29, 1.82) is 0 Å². The van der Waals surface area contributed by atoms with Crippen LogP contribution in [-0.2, 0) is 0 Å². The quantitative estimate of drug-likeness (QED) is 0.606. The Labute approximate surface area is 187 Å². The number of rotatable bonds is 4. The van der Waals surface area contributed by atoms with Gasteiger partial charge in [0.05, 0.1) is 12.3 Å². The van der Waals surface area contributed by atoms with Gasteiger partial charge in [0.2, 0.25) is 11.6 Å². The summed E-state index contributed by atoms with van der Waals surface area (Å²) in [7, 11) is 3.57. The Hall–Kier alpha value is -3.67. The van der Waals surface area contributed by atoms with Crippen molar-refractivity contribution in [3.8, 4) is 11.3 Å². The van der Waals surface area contributed by atoms with Gasteiger partial charge in [0.1, 0.15) is 5.65 Å². The minimum Gasteiger partial charge on any atom is -0.352 e. The molecule has 1 aliphatic rings. The molecule has 32 heavy (non-hydrogen) atoms. The molecule has 3 aromatic heterocycles. The van der Waals surface area contributed by atoms with Gasteiger partial charge in [-0.25, -0.2) is 24.6 Å². The highest BCUT2D eigenvalue weighted by Gasteiger charge is 2.27. The molecule has 1 aliphatic heterocycles. The molecule has 1 unspecified atom stereocenters. The van der Waals surface area contributed by atoms with Crippen molar-refractivity contribution in [2.45, 2.75) is 32.7 Å². The molecule has 0 aliphatic carbocycles. The van der Waals surface area contributed by atoms with Gasteiger partial charge < -0.3 is 20.1 Å². The van der Waals surface area contributed by atoms with E-state index >= 15 is 0 Å². The number of nitrogens with zero attached hydrogens (tertiary/aromatic N) is 6. The molecule has 0 aromatic carbocycles. The van der Waals surface area contributed by atoms with E-state index in [9.17, 15) is 4.79 Å². The summed E-state index contributed by atoms with van der Waals surface area (Å²) < 4.78 is 0. The fourth-order valence-electron chi connectivity index (χ4n) is 4.22. The lowest BCUT2D eigenvalue weighted by atomic mass is 9.90. The molecule has 0 radical (unpaired) electrons. The maximum absolute atomic E-state index is 12.2. The number of amides is 2. The van der Waals surface area contributed by atoms with Crippen LogP contribution < -0.4 is 5.32 Å². The first kappa shape index (κ1) is 21.6. The normalized spacial score (nSPS) is 15.4. The summed E-state index contributed by atoms with van der Waals surface area (Å²) in [5.41, 5.74) is 3.65. The van der Waals surface area contributed by atoms with Gasteiger partial charge in [0.15, 0.2) is 0 Å². The maximum atomic E-state index is 12.2. The minimum absolute atomic E-state index is 0.0650. The molecular formula is C23H28N8O. The van der Waals surface area contributed by atoms with Crippen LogP contribution in [0, 0.1) is 19.4 Å². The maximum Gasteiger partial charge on any atom is 0.319 e. The minimum atomic E-state index is 0.0650. The summed E-state index contributed by atoms with van der Waals surface area (Å²) >= 11 is 0. The lowest BCUT2D eigenvalue weighted by Crippen LogP contribution is -2.46. The first-order valence-corrected chi connectivity index (χ1v) is 10.8. The molecule has 1 fully saturated rings. The van der Waals surface area contributed by atoms with Crippen LogP contribution in [0.2, 0.25) is 0 Å². The monoisotopic (exact) mass is 432 g/mol. The van der Waals surface area contributed by atoms with E-state index in [2.05, 4.69) is 32.0 Å². The van der Waals surface area contributed by atoms with Crippen molar-refractivity contribution in [1.82, 2.24) is 29.7 Å². The Morgan fingerprint density at radius 3 is 2.75 bits per heavy atom. The zero-order valence-corrected chi connectivity index (χ0v) is 18.9. The molecule has 4 rings (SSSR count). The number of hydrogen-bond donors (Lipinski definition) is 2. The third-order valence-electron chi connectivity index (χ3n) is 6.07. The molecule has 3 aromatic rings. The van der Waals surface area contributed by atoms with Crippen molar-refractivity contribution in [3.63, 3.8) is 0 Å². The van der Waals surface area contributed by atoms with E-state index in [1.807, 2.05) is 30.3 Å². The lowest BCUT2D eigenvalue weighted by molar-refractivity contribution is 0.144. The second kappa shape index (κ2) is 8.83. The highest BCUT2D eigenvalue weighted by molar-refractivity contribution is 5.96. The van der Waals surface area contributed by atoms with E-state index in [1.54, 1.807) is 25.2 Å². The van der Waals surface area contributed by atoms with Crippen LogP contribution >= 0.6 is 0 Å². The molecule has 1 atom stereocenters. The number of hydrogen-bond acceptors (Lipinski definition) is 5. The molecule has 2 amide bonds. The summed E-state index contributed by atoms with van der Waals surface area (Å²) in [5, 5.41) is 4.36. The number of piperidine rings is 1. The van der Waals surface area contributed by atoms with Crippen LogP contribution in [0.4, 0.5) is 16.4 Å². The molecule has 2 N–H and O–H groups in total. The van der Waals surface area contributed by atoms with Crippen molar-refractivity contribution in [3.05, 3.63) is 41.6 Å². The first-order chi connectivity index (χ1) is 15.4. The van der Waals surface area contributed by atoms with Crippen LogP contribution in [0.15, 0.2) is 24.7 Å². The van der Waals surface area contributed by atoms with Gasteiger partial charge in [-0.1, -0.05) is 0 Å². The van der Waals surface area contributed by atoms with Gasteiger partial charge in [-0.05, 0) is 44.2 Å². The van der Waals surface area contributed by atoms with Gasteiger partial charge >= 0.3 is 6.03 Å². The number of aromatic nitrogens is 4. The van der Waals surface area contributed by atoms with Gasteiger partial charge in [-0.2, -0.15) is 0 Å². The average molecular weight is 433 g/mol. The van der Waals surface area contributed by atoms with E-state index in [1.165, 1.54) is 0 Å². The Morgan fingerprint density at radius 2 is 2.06 bits per heavy atom. The van der Waals surface area contributed by atoms with Gasteiger partial charge in [0, 0.05) is 62.8 Å². The van der Waals surface area contributed by atoms with E-state index in [0.29, 0.717) is 23.2 Å². The molecular weight excluding hydrogens is 404 g/mol. The third-order valence-corrected chi connectivity index (χ3v) is 6.07. The van der Waals surface area contributed by atoms with E-state index in [4.69, 9.17) is 11.6 Å². The second-order valence-corrected chi connectivity index (χ2v) is 8.58. The molecule has 0 bridgehead atoms. The number of H-pyrrole nitrogens is 1. The smallest absolute Gasteiger partial charge is 0.319 e. The first-order valence-electron chi connectivity index (χ1n) is 10.8. The fourth-order valence-corrected chi connectivity index (χ4v) is 4.22. The largest absolute Gasteiger partial charge is 0.352 e. The van der Waals surface area contributed by atoms with Crippen LogP contribution in [0.5, 0.6) is 0 Å². The van der Waals surface area contributed by atoms with E-state index in [0.717, 1.165) is 48.1 Å². The van der Waals surface area contributed by atoms with Gasteiger partial charge in [0.25, 0.3) is 0 Å². The number of pyridine rings is 1. The third kappa shape index (κ3) is 4.21. The summed E-state index contributed by atoms with van der Waals surface area (Å²) in [6.07, 6.45) is 7.08. The Balaban J connectivity index is 1.52. The lowest BCUT2D eigenvalue weighted by Gasteiger charge is -2.36. The molecule has 0 saturated carbocycles. The topological polar surface area (TPSA) is 94.4 Å². The highest BCUT2D eigenvalue weighted by atomic mass is 16.2. The summed E-state index contributed by atoms with van der Waals surface area (Å²) in [5.74, 6) is 0.912. The summed E-state index contributed by atoms with van der Waals surface area (Å²) in [6, 6.07) is 2.25. The van der Waals surface area contributed by atoms with Gasteiger partial charge in [-0.15, -0.1) is 0 Å². The number of fused-ring (bicyclic) bond motifs is 1. The van der Waals surface area contributed by atoms with Crippen molar-refractivity contribution in [2.24, 2.45) is 5.92 Å². The number of carbonyl (C=O) groups excluding carboxylic acids is 1. The van der Waals surface area contributed by atoms with Gasteiger partial charge in [-0.3, -0.25) is 0 Å².